The molecule has 1 aliphatic rings. The number of esters is 1. The highest BCUT2D eigenvalue weighted by atomic mass is 32.1. The maximum atomic E-state index is 13.6. The second-order valence-corrected chi connectivity index (χ2v) is 8.89. The Hall–Kier alpha value is -3.17. The molecular formula is C23H22N2O5S2. The highest BCUT2D eigenvalue weighted by molar-refractivity contribution is 7.11. The number of ether oxygens (including phenoxy) is 3. The average Bonchev–Trinajstić information content (AvgIpc) is 3.40. The van der Waals surface area contributed by atoms with Gasteiger partial charge in [0.1, 0.15) is 6.04 Å². The van der Waals surface area contributed by atoms with E-state index in [1.807, 2.05) is 29.7 Å². The number of methoxy groups -OCH3 is 2. The Morgan fingerprint density at radius 3 is 2.69 bits per heavy atom. The van der Waals surface area contributed by atoms with Gasteiger partial charge in [-0.25, -0.2) is 9.79 Å². The molecule has 32 heavy (non-hydrogen) atoms. The summed E-state index contributed by atoms with van der Waals surface area (Å²) in [6, 6.07) is 8.50. The van der Waals surface area contributed by atoms with Crippen LogP contribution in [0.3, 0.4) is 0 Å². The molecular weight excluding hydrogens is 448 g/mol. The van der Waals surface area contributed by atoms with E-state index in [0.29, 0.717) is 37.7 Å². The van der Waals surface area contributed by atoms with Crippen LogP contribution >= 0.6 is 22.7 Å². The van der Waals surface area contributed by atoms with Crippen molar-refractivity contribution >= 4 is 34.7 Å². The lowest BCUT2D eigenvalue weighted by atomic mass is 9.94. The number of rotatable bonds is 6. The first-order valence-electron chi connectivity index (χ1n) is 9.94. The van der Waals surface area contributed by atoms with Gasteiger partial charge in [-0.3, -0.25) is 9.36 Å². The SMILES string of the molecule is CCOC(=O)C1=C(C)N=c2s/c(=C\c3cccs3)c(=O)n2[C@H]1c1cccc(OC)c1OC. The number of fused-ring (bicyclic) bond motifs is 1. The zero-order valence-corrected chi connectivity index (χ0v) is 19.7. The molecule has 0 fully saturated rings. The molecule has 7 nitrogen and oxygen atoms in total. The topological polar surface area (TPSA) is 79.1 Å². The van der Waals surface area contributed by atoms with E-state index in [4.69, 9.17) is 14.2 Å². The number of thiazole rings is 1. The van der Waals surface area contributed by atoms with Gasteiger partial charge in [0.2, 0.25) is 0 Å². The van der Waals surface area contributed by atoms with Crippen LogP contribution in [-0.4, -0.2) is 31.4 Å². The zero-order valence-electron chi connectivity index (χ0n) is 18.1. The van der Waals surface area contributed by atoms with Crippen molar-refractivity contribution in [1.82, 2.24) is 4.57 Å². The van der Waals surface area contributed by atoms with Crippen molar-refractivity contribution in [3.8, 4) is 11.5 Å². The Morgan fingerprint density at radius 2 is 2.03 bits per heavy atom. The Kier molecular flexibility index (Phi) is 6.29. The molecule has 0 aliphatic carbocycles. The highest BCUT2D eigenvalue weighted by Gasteiger charge is 2.35. The first kappa shape index (κ1) is 22.0. The Morgan fingerprint density at radius 1 is 1.22 bits per heavy atom. The molecule has 3 aromatic rings. The van der Waals surface area contributed by atoms with Gasteiger partial charge < -0.3 is 14.2 Å². The molecule has 1 atom stereocenters. The van der Waals surface area contributed by atoms with Crippen LogP contribution in [0.1, 0.15) is 30.3 Å². The maximum absolute atomic E-state index is 13.6. The number of carbonyl (C=O) groups is 1. The van der Waals surface area contributed by atoms with Gasteiger partial charge in [0, 0.05) is 10.4 Å². The van der Waals surface area contributed by atoms with Gasteiger partial charge in [-0.05, 0) is 37.4 Å². The summed E-state index contributed by atoms with van der Waals surface area (Å²) < 4.78 is 18.5. The molecule has 2 aromatic heterocycles. The average molecular weight is 471 g/mol. The fourth-order valence-corrected chi connectivity index (χ4v) is 5.49. The van der Waals surface area contributed by atoms with Gasteiger partial charge in [-0.2, -0.15) is 0 Å². The third kappa shape index (κ3) is 3.78. The van der Waals surface area contributed by atoms with Gasteiger partial charge in [0.25, 0.3) is 5.56 Å². The van der Waals surface area contributed by atoms with Crippen molar-refractivity contribution in [1.29, 1.82) is 0 Å². The van der Waals surface area contributed by atoms with Crippen molar-refractivity contribution in [3.63, 3.8) is 0 Å². The van der Waals surface area contributed by atoms with E-state index in [1.165, 1.54) is 18.4 Å². The van der Waals surface area contributed by atoms with Crippen LogP contribution in [0.2, 0.25) is 0 Å². The van der Waals surface area contributed by atoms with E-state index in [-0.39, 0.29) is 12.2 Å². The van der Waals surface area contributed by atoms with Crippen molar-refractivity contribution in [2.45, 2.75) is 19.9 Å². The number of nitrogens with zero attached hydrogens (tertiary/aromatic N) is 2. The van der Waals surface area contributed by atoms with E-state index in [0.717, 1.165) is 4.88 Å². The minimum atomic E-state index is -0.763. The summed E-state index contributed by atoms with van der Waals surface area (Å²) in [5.41, 5.74) is 1.19. The molecule has 0 saturated carbocycles. The van der Waals surface area contributed by atoms with Crippen LogP contribution in [0, 0.1) is 0 Å². The zero-order chi connectivity index (χ0) is 22.8. The second kappa shape index (κ2) is 9.13. The van der Waals surface area contributed by atoms with Crippen molar-refractivity contribution in [3.05, 3.63) is 77.1 Å². The van der Waals surface area contributed by atoms with Crippen LogP contribution in [0.5, 0.6) is 11.5 Å². The second-order valence-electron chi connectivity index (χ2n) is 6.90. The standard InChI is InChI=1S/C23H22N2O5S2/c1-5-30-22(27)18-13(2)24-23-25(21(26)17(32-23)12-14-8-7-11-31-14)19(18)15-9-6-10-16(28-3)20(15)29-4/h6-12,19H,5H2,1-4H3/b17-12-/t19-/m0/s1. The molecule has 0 spiro atoms. The molecule has 1 aromatic carbocycles. The first-order chi connectivity index (χ1) is 15.5. The molecule has 9 heteroatoms. The minimum Gasteiger partial charge on any atom is -0.493 e. The van der Waals surface area contributed by atoms with Crippen LogP contribution in [0.15, 0.2) is 56.8 Å². The third-order valence-corrected chi connectivity index (χ3v) is 6.86. The number of hydrogen-bond acceptors (Lipinski definition) is 8. The summed E-state index contributed by atoms with van der Waals surface area (Å²) in [6.45, 7) is 3.70. The molecule has 4 rings (SSSR count). The molecule has 0 amide bonds. The molecule has 3 heterocycles. The van der Waals surface area contributed by atoms with E-state index in [1.54, 1.807) is 49.0 Å². The van der Waals surface area contributed by atoms with E-state index in [9.17, 15) is 9.59 Å². The molecule has 166 valence electrons. The monoisotopic (exact) mass is 470 g/mol. The van der Waals surface area contributed by atoms with Gasteiger partial charge in [0.15, 0.2) is 16.3 Å². The normalized spacial score (nSPS) is 15.9. The number of hydrogen-bond donors (Lipinski definition) is 0. The lowest BCUT2D eigenvalue weighted by molar-refractivity contribution is -0.139. The number of para-hydroxylation sites is 1. The predicted molar refractivity (Wildman–Crippen MR) is 124 cm³/mol. The fourth-order valence-electron chi connectivity index (χ4n) is 3.72. The molecule has 0 radical (unpaired) electrons. The number of benzene rings is 1. The number of thiophene rings is 1. The fraction of sp³-hybridized carbons (Fsp3) is 0.261. The van der Waals surface area contributed by atoms with Crippen molar-refractivity contribution in [2.24, 2.45) is 4.99 Å². The number of aromatic nitrogens is 1. The van der Waals surface area contributed by atoms with E-state index < -0.39 is 12.0 Å². The molecule has 0 bridgehead atoms. The third-order valence-electron chi connectivity index (χ3n) is 5.06. The van der Waals surface area contributed by atoms with Crippen molar-refractivity contribution < 1.29 is 19.0 Å². The van der Waals surface area contributed by atoms with Gasteiger partial charge in [-0.15, -0.1) is 11.3 Å². The van der Waals surface area contributed by atoms with Crippen LogP contribution in [0.25, 0.3) is 6.08 Å². The molecule has 0 unspecified atom stereocenters. The van der Waals surface area contributed by atoms with E-state index >= 15 is 0 Å². The van der Waals surface area contributed by atoms with Crippen LogP contribution in [0.4, 0.5) is 0 Å². The minimum absolute atomic E-state index is 0.209. The van der Waals surface area contributed by atoms with E-state index in [2.05, 4.69) is 4.99 Å². The highest BCUT2D eigenvalue weighted by Crippen LogP contribution is 2.40. The van der Waals surface area contributed by atoms with Crippen LogP contribution < -0.4 is 24.4 Å². The largest absolute Gasteiger partial charge is 0.493 e. The van der Waals surface area contributed by atoms with Crippen LogP contribution in [-0.2, 0) is 9.53 Å². The lowest BCUT2D eigenvalue weighted by Crippen LogP contribution is -2.40. The van der Waals surface area contributed by atoms with Gasteiger partial charge >= 0.3 is 5.97 Å². The smallest absolute Gasteiger partial charge is 0.338 e. The summed E-state index contributed by atoms with van der Waals surface area (Å²) in [4.78, 5) is 32.6. The summed E-state index contributed by atoms with van der Waals surface area (Å²) in [6.07, 6.45) is 1.84. The molecule has 0 N–H and O–H groups in total. The quantitative estimate of drug-likeness (QED) is 0.518. The number of carbonyl (C=O) groups excluding carboxylic acids is 1. The predicted octanol–water partition coefficient (Wildman–Crippen LogP) is 2.88. The number of allylic oxidation sites excluding steroid dienone is 1. The summed E-state index contributed by atoms with van der Waals surface area (Å²) in [7, 11) is 3.07. The first-order valence-corrected chi connectivity index (χ1v) is 11.6. The van der Waals surface area contributed by atoms with Crippen molar-refractivity contribution in [2.75, 3.05) is 20.8 Å². The maximum Gasteiger partial charge on any atom is 0.338 e. The lowest BCUT2D eigenvalue weighted by Gasteiger charge is -2.26. The summed E-state index contributed by atoms with van der Waals surface area (Å²) in [5, 5.41) is 1.95. The molecule has 1 aliphatic heterocycles. The van der Waals surface area contributed by atoms with Gasteiger partial charge in [0.05, 0.1) is 36.6 Å². The Labute approximate surface area is 192 Å². The molecule has 0 saturated heterocycles. The summed E-state index contributed by atoms with van der Waals surface area (Å²) >= 11 is 2.83. The Bertz CT molecular complexity index is 1370. The van der Waals surface area contributed by atoms with Gasteiger partial charge in [-0.1, -0.05) is 29.5 Å². The summed E-state index contributed by atoms with van der Waals surface area (Å²) in [5.74, 6) is 0.434. The Balaban J connectivity index is 2.03.